The summed E-state index contributed by atoms with van der Waals surface area (Å²) in [6.07, 6.45) is 0. The number of halogens is 1. The van der Waals surface area contributed by atoms with Crippen LogP contribution >= 0.6 is 0 Å². The predicted octanol–water partition coefficient (Wildman–Crippen LogP) is 2.94. The summed E-state index contributed by atoms with van der Waals surface area (Å²) in [5.74, 6) is -1.55. The number of nitrogens with one attached hydrogen (secondary N) is 1. The molecule has 0 spiro atoms. The normalized spacial score (nSPS) is 12.5. The van der Waals surface area contributed by atoms with Crippen molar-refractivity contribution in [3.05, 3.63) is 65.5 Å². The quantitative estimate of drug-likeness (QED) is 0.508. The number of aryl methyl sites for hydroxylation is 1. The van der Waals surface area contributed by atoms with Gasteiger partial charge in [-0.3, -0.25) is 9.59 Å². The van der Waals surface area contributed by atoms with E-state index in [1.54, 1.807) is 6.92 Å². The summed E-state index contributed by atoms with van der Waals surface area (Å²) in [4.78, 5) is 27.8. The molecular formula is C25H35FN4O4S. The smallest absolute Gasteiger partial charge is 0.304 e. The van der Waals surface area contributed by atoms with Crippen LogP contribution in [0.5, 0.6) is 0 Å². The van der Waals surface area contributed by atoms with E-state index in [-0.39, 0.29) is 24.1 Å². The molecule has 2 aromatic rings. The number of para-hydroxylation sites is 1. The maximum Gasteiger partial charge on any atom is 0.304 e. The first-order chi connectivity index (χ1) is 16.3. The lowest BCUT2D eigenvalue weighted by Crippen LogP contribution is -2.52. The number of carbonyl (C=O) groups is 2. The number of benzene rings is 2. The SMILES string of the molecule is Cc1cccc(CN(C(=O)CN(c2ccccc2F)S(=O)(=O)N(C)C)C(C)C(=O)NCC(C)C)c1. The van der Waals surface area contributed by atoms with Crippen molar-refractivity contribution in [3.63, 3.8) is 0 Å². The summed E-state index contributed by atoms with van der Waals surface area (Å²) in [5, 5.41) is 2.82. The van der Waals surface area contributed by atoms with Gasteiger partial charge in [-0.05, 0) is 37.5 Å². The van der Waals surface area contributed by atoms with Gasteiger partial charge in [0.05, 0.1) is 5.69 Å². The number of anilines is 1. The second-order valence-corrected chi connectivity index (χ2v) is 11.1. The zero-order chi connectivity index (χ0) is 26.3. The fraction of sp³-hybridized carbons (Fsp3) is 0.440. The molecule has 0 bridgehead atoms. The van der Waals surface area contributed by atoms with E-state index in [9.17, 15) is 22.4 Å². The summed E-state index contributed by atoms with van der Waals surface area (Å²) in [5.41, 5.74) is 1.52. The Bertz CT molecular complexity index is 1140. The van der Waals surface area contributed by atoms with Crippen LogP contribution in [0.3, 0.4) is 0 Å². The number of nitrogens with zero attached hydrogens (tertiary/aromatic N) is 3. The molecule has 0 aliphatic heterocycles. The molecule has 8 nitrogen and oxygen atoms in total. The van der Waals surface area contributed by atoms with Gasteiger partial charge in [0.1, 0.15) is 18.4 Å². The van der Waals surface area contributed by atoms with Crippen LogP contribution in [0.15, 0.2) is 48.5 Å². The van der Waals surface area contributed by atoms with Crippen molar-refractivity contribution in [2.45, 2.75) is 40.3 Å². The van der Waals surface area contributed by atoms with Gasteiger partial charge in [-0.1, -0.05) is 55.8 Å². The van der Waals surface area contributed by atoms with E-state index in [1.165, 1.54) is 37.2 Å². The van der Waals surface area contributed by atoms with E-state index in [0.717, 1.165) is 25.8 Å². The first-order valence-corrected chi connectivity index (χ1v) is 12.8. The van der Waals surface area contributed by atoms with Gasteiger partial charge in [0.25, 0.3) is 0 Å². The molecular weight excluding hydrogens is 471 g/mol. The van der Waals surface area contributed by atoms with E-state index in [4.69, 9.17) is 0 Å². The van der Waals surface area contributed by atoms with Gasteiger partial charge >= 0.3 is 10.2 Å². The molecule has 0 saturated carbocycles. The fourth-order valence-electron chi connectivity index (χ4n) is 3.40. The summed E-state index contributed by atoms with van der Waals surface area (Å²) in [7, 11) is -1.60. The average Bonchev–Trinajstić information content (AvgIpc) is 2.79. The molecule has 0 aliphatic rings. The first kappa shape index (κ1) is 28.3. The monoisotopic (exact) mass is 506 g/mol. The van der Waals surface area contributed by atoms with Gasteiger partial charge in [0.15, 0.2) is 0 Å². The van der Waals surface area contributed by atoms with Crippen LogP contribution in [-0.2, 0) is 26.3 Å². The average molecular weight is 507 g/mol. The van der Waals surface area contributed by atoms with Gasteiger partial charge in [-0.25, -0.2) is 8.70 Å². The number of carbonyl (C=O) groups excluding carboxylic acids is 2. The Balaban J connectivity index is 2.45. The Kier molecular flexibility index (Phi) is 9.79. The van der Waals surface area contributed by atoms with Crippen LogP contribution in [0.1, 0.15) is 31.9 Å². The van der Waals surface area contributed by atoms with Crippen LogP contribution in [0.25, 0.3) is 0 Å². The first-order valence-electron chi connectivity index (χ1n) is 11.4. The molecule has 192 valence electrons. The summed E-state index contributed by atoms with van der Waals surface area (Å²) in [6, 6.07) is 12.0. The molecule has 2 rings (SSSR count). The molecule has 0 radical (unpaired) electrons. The zero-order valence-corrected chi connectivity index (χ0v) is 22.0. The van der Waals surface area contributed by atoms with Crippen LogP contribution in [0, 0.1) is 18.7 Å². The van der Waals surface area contributed by atoms with Crippen molar-refractivity contribution in [1.29, 1.82) is 0 Å². The van der Waals surface area contributed by atoms with Crippen LogP contribution in [-0.4, -0.2) is 62.7 Å². The second kappa shape index (κ2) is 12.1. The second-order valence-electron chi connectivity index (χ2n) is 9.07. The third-order valence-electron chi connectivity index (χ3n) is 5.43. The predicted molar refractivity (Wildman–Crippen MR) is 135 cm³/mol. The van der Waals surface area contributed by atoms with E-state index in [2.05, 4.69) is 5.32 Å². The Labute approximate surface area is 207 Å². The van der Waals surface area contributed by atoms with Crippen molar-refractivity contribution in [3.8, 4) is 0 Å². The molecule has 2 aromatic carbocycles. The highest BCUT2D eigenvalue weighted by molar-refractivity contribution is 7.90. The maximum atomic E-state index is 14.6. The lowest BCUT2D eigenvalue weighted by Gasteiger charge is -2.33. The van der Waals surface area contributed by atoms with Crippen molar-refractivity contribution in [2.75, 3.05) is 31.5 Å². The van der Waals surface area contributed by atoms with Crippen molar-refractivity contribution >= 4 is 27.7 Å². The molecule has 1 N–H and O–H groups in total. The minimum absolute atomic E-state index is 0.0872. The van der Waals surface area contributed by atoms with Gasteiger partial charge in [-0.2, -0.15) is 12.7 Å². The van der Waals surface area contributed by atoms with E-state index in [0.29, 0.717) is 6.54 Å². The molecule has 0 aromatic heterocycles. The summed E-state index contributed by atoms with van der Waals surface area (Å²) in [6.45, 7) is 7.28. The van der Waals surface area contributed by atoms with Crippen LogP contribution in [0.4, 0.5) is 10.1 Å². The van der Waals surface area contributed by atoms with Crippen molar-refractivity contribution in [1.82, 2.24) is 14.5 Å². The maximum absolute atomic E-state index is 14.6. The highest BCUT2D eigenvalue weighted by Crippen LogP contribution is 2.24. The van der Waals surface area contributed by atoms with Crippen molar-refractivity contribution in [2.24, 2.45) is 5.92 Å². The summed E-state index contributed by atoms with van der Waals surface area (Å²) >= 11 is 0. The number of hydrogen-bond donors (Lipinski definition) is 1. The topological polar surface area (TPSA) is 90.0 Å². The molecule has 0 aliphatic carbocycles. The van der Waals surface area contributed by atoms with E-state index < -0.39 is 34.5 Å². The lowest BCUT2D eigenvalue weighted by atomic mass is 10.1. The molecule has 0 saturated heterocycles. The van der Waals surface area contributed by atoms with Crippen molar-refractivity contribution < 1.29 is 22.4 Å². The van der Waals surface area contributed by atoms with Gasteiger partial charge in [-0.15, -0.1) is 0 Å². The van der Waals surface area contributed by atoms with Gasteiger partial charge < -0.3 is 10.2 Å². The summed E-state index contributed by atoms with van der Waals surface area (Å²) < 4.78 is 42.4. The van der Waals surface area contributed by atoms with Gasteiger partial charge in [0, 0.05) is 27.2 Å². The highest BCUT2D eigenvalue weighted by atomic mass is 32.2. The van der Waals surface area contributed by atoms with E-state index in [1.807, 2.05) is 45.0 Å². The third kappa shape index (κ3) is 7.50. The van der Waals surface area contributed by atoms with E-state index >= 15 is 0 Å². The number of amides is 2. The molecule has 0 fully saturated rings. The van der Waals surface area contributed by atoms with Crippen LogP contribution in [0.2, 0.25) is 0 Å². The standard InChI is InChI=1S/C25H35FN4O4S/c1-18(2)15-27-25(32)20(4)29(16-21-11-9-10-19(3)14-21)24(31)17-30(35(33,34)28(5)6)23-13-8-7-12-22(23)26/h7-14,18,20H,15-17H2,1-6H3,(H,27,32). The molecule has 1 atom stereocenters. The number of hydrogen-bond acceptors (Lipinski definition) is 4. The molecule has 35 heavy (non-hydrogen) atoms. The van der Waals surface area contributed by atoms with Crippen LogP contribution < -0.4 is 9.62 Å². The molecule has 10 heteroatoms. The molecule has 2 amide bonds. The lowest BCUT2D eigenvalue weighted by molar-refractivity contribution is -0.139. The largest absolute Gasteiger partial charge is 0.354 e. The molecule has 1 unspecified atom stereocenters. The number of rotatable bonds is 11. The third-order valence-corrected chi connectivity index (χ3v) is 7.23. The Morgan fingerprint density at radius 1 is 1.03 bits per heavy atom. The fourth-order valence-corrected chi connectivity index (χ4v) is 4.46. The molecule has 0 heterocycles. The minimum atomic E-state index is -4.21. The zero-order valence-electron chi connectivity index (χ0n) is 21.2. The Hall–Kier alpha value is -2.98. The van der Waals surface area contributed by atoms with Gasteiger partial charge in [0.2, 0.25) is 11.8 Å². The Morgan fingerprint density at radius 2 is 1.69 bits per heavy atom. The Morgan fingerprint density at radius 3 is 2.26 bits per heavy atom. The minimum Gasteiger partial charge on any atom is -0.354 e. The highest BCUT2D eigenvalue weighted by Gasteiger charge is 2.33.